The van der Waals surface area contributed by atoms with Crippen molar-refractivity contribution in [2.24, 2.45) is 0 Å². The van der Waals surface area contributed by atoms with Crippen molar-refractivity contribution >= 4 is 34.1 Å². The first-order chi connectivity index (χ1) is 12.5. The van der Waals surface area contributed by atoms with E-state index in [2.05, 4.69) is 16.4 Å². The first kappa shape index (κ1) is 16.8. The summed E-state index contributed by atoms with van der Waals surface area (Å²) in [5.74, 6) is -0.614. The summed E-state index contributed by atoms with van der Waals surface area (Å²) < 4.78 is 5.27. The molecular formula is C20H20N2O3S. The molecule has 1 amide bonds. The standard InChI is InChI=1S/C20H20N2O3S/c1-12-13(2)21-17-4-3-14(9-16(12)17)20(24)25-11-19(23)22-7-5-18-15(10-22)6-8-26-18/h3-4,6,8-9,21H,5,7,10-11H2,1-2H3. The molecule has 1 aliphatic heterocycles. The number of benzene rings is 1. The third kappa shape index (κ3) is 3.01. The summed E-state index contributed by atoms with van der Waals surface area (Å²) in [6, 6.07) is 7.47. The van der Waals surface area contributed by atoms with E-state index in [1.165, 1.54) is 10.4 Å². The van der Waals surface area contributed by atoms with Crippen molar-refractivity contribution in [3.63, 3.8) is 0 Å². The topological polar surface area (TPSA) is 62.4 Å². The first-order valence-electron chi connectivity index (χ1n) is 8.62. The fraction of sp³-hybridized carbons (Fsp3) is 0.300. The Morgan fingerprint density at radius 1 is 1.27 bits per heavy atom. The maximum atomic E-state index is 12.4. The van der Waals surface area contributed by atoms with Gasteiger partial charge in [0, 0.05) is 34.6 Å². The monoisotopic (exact) mass is 368 g/mol. The number of esters is 1. The predicted octanol–water partition coefficient (Wildman–Crippen LogP) is 3.59. The highest BCUT2D eigenvalue weighted by Crippen LogP contribution is 2.24. The zero-order valence-electron chi connectivity index (χ0n) is 14.8. The summed E-state index contributed by atoms with van der Waals surface area (Å²) in [7, 11) is 0. The third-order valence-corrected chi connectivity index (χ3v) is 6.05. The molecule has 1 aliphatic rings. The highest BCUT2D eigenvalue weighted by Gasteiger charge is 2.22. The Labute approximate surface area is 155 Å². The lowest BCUT2D eigenvalue weighted by Gasteiger charge is -2.26. The molecule has 0 radical (unpaired) electrons. The Balaban J connectivity index is 1.41. The lowest BCUT2D eigenvalue weighted by atomic mass is 10.1. The minimum Gasteiger partial charge on any atom is -0.452 e. The molecule has 134 valence electrons. The van der Waals surface area contributed by atoms with Crippen LogP contribution in [0.4, 0.5) is 0 Å². The molecule has 4 rings (SSSR count). The fourth-order valence-corrected chi connectivity index (χ4v) is 4.24. The largest absolute Gasteiger partial charge is 0.452 e. The number of hydrogen-bond donors (Lipinski definition) is 1. The van der Waals surface area contributed by atoms with Gasteiger partial charge in [-0.3, -0.25) is 4.79 Å². The molecule has 2 aromatic heterocycles. The molecule has 0 unspecified atom stereocenters. The van der Waals surface area contributed by atoms with Crippen molar-refractivity contribution < 1.29 is 14.3 Å². The Morgan fingerprint density at radius 2 is 2.12 bits per heavy atom. The number of carbonyl (C=O) groups excluding carboxylic acids is 2. The second-order valence-corrected chi connectivity index (χ2v) is 7.65. The van der Waals surface area contributed by atoms with Gasteiger partial charge in [0.05, 0.1) is 5.56 Å². The Kier molecular flexibility index (Phi) is 4.28. The molecule has 0 saturated carbocycles. The van der Waals surface area contributed by atoms with Gasteiger partial charge in [-0.05, 0) is 61.0 Å². The molecule has 5 nitrogen and oxygen atoms in total. The van der Waals surface area contributed by atoms with E-state index < -0.39 is 5.97 Å². The van der Waals surface area contributed by atoms with E-state index in [0.29, 0.717) is 18.7 Å². The summed E-state index contributed by atoms with van der Waals surface area (Å²) in [5, 5.41) is 3.06. The maximum Gasteiger partial charge on any atom is 0.338 e. The van der Waals surface area contributed by atoms with E-state index in [1.807, 2.05) is 26.0 Å². The van der Waals surface area contributed by atoms with Gasteiger partial charge >= 0.3 is 5.97 Å². The predicted molar refractivity (Wildman–Crippen MR) is 101 cm³/mol. The Morgan fingerprint density at radius 3 is 2.96 bits per heavy atom. The third-order valence-electron chi connectivity index (χ3n) is 5.03. The van der Waals surface area contributed by atoms with Crippen molar-refractivity contribution in [2.75, 3.05) is 13.2 Å². The molecule has 6 heteroatoms. The van der Waals surface area contributed by atoms with Crippen LogP contribution in [0.25, 0.3) is 10.9 Å². The molecule has 0 atom stereocenters. The number of fused-ring (bicyclic) bond motifs is 2. The van der Waals surface area contributed by atoms with E-state index >= 15 is 0 Å². The molecule has 0 aliphatic carbocycles. The highest BCUT2D eigenvalue weighted by atomic mass is 32.1. The molecule has 0 saturated heterocycles. The Bertz CT molecular complexity index is 1000. The lowest BCUT2D eigenvalue weighted by Crippen LogP contribution is -2.38. The molecule has 1 N–H and O–H groups in total. The number of rotatable bonds is 3. The lowest BCUT2D eigenvalue weighted by molar-refractivity contribution is -0.135. The van der Waals surface area contributed by atoms with Gasteiger partial charge in [-0.15, -0.1) is 11.3 Å². The average molecular weight is 368 g/mol. The van der Waals surface area contributed by atoms with Gasteiger partial charge in [0.1, 0.15) is 0 Å². The molecule has 0 fully saturated rings. The smallest absolute Gasteiger partial charge is 0.338 e. The minimum absolute atomic E-state index is 0.148. The maximum absolute atomic E-state index is 12.4. The summed E-state index contributed by atoms with van der Waals surface area (Å²) >= 11 is 1.73. The van der Waals surface area contributed by atoms with E-state index in [-0.39, 0.29) is 12.5 Å². The molecule has 0 spiro atoms. The number of amides is 1. The van der Waals surface area contributed by atoms with Crippen molar-refractivity contribution in [3.8, 4) is 0 Å². The number of nitrogens with zero attached hydrogens (tertiary/aromatic N) is 1. The number of ether oxygens (including phenoxy) is 1. The van der Waals surface area contributed by atoms with Gasteiger partial charge in [0.25, 0.3) is 5.91 Å². The van der Waals surface area contributed by atoms with Crippen LogP contribution in [0.5, 0.6) is 0 Å². The van der Waals surface area contributed by atoms with Crippen LogP contribution in [-0.4, -0.2) is 34.9 Å². The minimum atomic E-state index is -0.466. The number of aromatic nitrogens is 1. The molecule has 0 bridgehead atoms. The zero-order valence-corrected chi connectivity index (χ0v) is 15.6. The number of carbonyl (C=O) groups is 2. The van der Waals surface area contributed by atoms with Crippen LogP contribution in [0.1, 0.15) is 32.1 Å². The fourth-order valence-electron chi connectivity index (χ4n) is 3.35. The van der Waals surface area contributed by atoms with Crippen molar-refractivity contribution in [3.05, 3.63) is 56.9 Å². The molecular weight excluding hydrogens is 348 g/mol. The number of H-pyrrole nitrogens is 1. The Hall–Kier alpha value is -2.60. The quantitative estimate of drug-likeness (QED) is 0.719. The van der Waals surface area contributed by atoms with Gasteiger partial charge in [0.15, 0.2) is 6.61 Å². The van der Waals surface area contributed by atoms with E-state index in [9.17, 15) is 9.59 Å². The van der Waals surface area contributed by atoms with Gasteiger partial charge in [0.2, 0.25) is 0 Å². The summed E-state index contributed by atoms with van der Waals surface area (Å²) in [5.41, 5.74) is 4.85. The SMILES string of the molecule is Cc1[nH]c2ccc(C(=O)OCC(=O)N3CCc4sccc4C3)cc2c1C. The van der Waals surface area contributed by atoms with Gasteiger partial charge in [-0.2, -0.15) is 0 Å². The number of nitrogens with one attached hydrogen (secondary N) is 1. The highest BCUT2D eigenvalue weighted by molar-refractivity contribution is 7.10. The normalized spacial score (nSPS) is 13.7. The summed E-state index contributed by atoms with van der Waals surface area (Å²) in [6.07, 6.45) is 0.871. The number of aromatic amines is 1. The van der Waals surface area contributed by atoms with Crippen LogP contribution in [0, 0.1) is 13.8 Å². The number of hydrogen-bond acceptors (Lipinski definition) is 4. The van der Waals surface area contributed by atoms with Crippen LogP contribution in [-0.2, 0) is 22.5 Å². The van der Waals surface area contributed by atoms with Crippen molar-refractivity contribution in [1.82, 2.24) is 9.88 Å². The molecule has 1 aromatic carbocycles. The van der Waals surface area contributed by atoms with Gasteiger partial charge < -0.3 is 14.6 Å². The van der Waals surface area contributed by atoms with Crippen LogP contribution in [0.3, 0.4) is 0 Å². The number of aryl methyl sites for hydroxylation is 2. The van der Waals surface area contributed by atoms with E-state index in [1.54, 1.807) is 22.3 Å². The molecule has 3 aromatic rings. The van der Waals surface area contributed by atoms with Crippen LogP contribution in [0.15, 0.2) is 29.6 Å². The second-order valence-electron chi connectivity index (χ2n) is 6.65. The van der Waals surface area contributed by atoms with E-state index in [4.69, 9.17) is 4.74 Å². The zero-order chi connectivity index (χ0) is 18.3. The van der Waals surface area contributed by atoms with Gasteiger partial charge in [-0.1, -0.05) is 0 Å². The average Bonchev–Trinajstić information content (AvgIpc) is 3.23. The number of thiophene rings is 1. The molecule has 3 heterocycles. The van der Waals surface area contributed by atoms with Crippen molar-refractivity contribution in [2.45, 2.75) is 26.8 Å². The summed E-state index contributed by atoms with van der Waals surface area (Å²) in [6.45, 7) is 5.08. The molecule has 26 heavy (non-hydrogen) atoms. The van der Waals surface area contributed by atoms with E-state index in [0.717, 1.165) is 28.6 Å². The van der Waals surface area contributed by atoms with Crippen LogP contribution < -0.4 is 0 Å². The first-order valence-corrected chi connectivity index (χ1v) is 9.50. The van der Waals surface area contributed by atoms with Crippen LogP contribution >= 0.6 is 11.3 Å². The summed E-state index contributed by atoms with van der Waals surface area (Å²) in [4.78, 5) is 31.1. The van der Waals surface area contributed by atoms with Crippen molar-refractivity contribution in [1.29, 1.82) is 0 Å². The second kappa shape index (κ2) is 6.61. The van der Waals surface area contributed by atoms with Crippen LogP contribution in [0.2, 0.25) is 0 Å². The van der Waals surface area contributed by atoms with Gasteiger partial charge in [-0.25, -0.2) is 4.79 Å².